The highest BCUT2D eigenvalue weighted by atomic mass is 35.5. The van der Waals surface area contributed by atoms with Crippen LogP contribution in [0.2, 0.25) is 5.02 Å². The second-order valence-electron chi connectivity index (χ2n) is 12.8. The monoisotopic (exact) mass is 731 g/mol. The molecule has 2 aliphatic heterocycles. The van der Waals surface area contributed by atoms with Gasteiger partial charge in [-0.15, -0.1) is 5.10 Å². The van der Waals surface area contributed by atoms with E-state index in [9.17, 15) is 32.7 Å². The third-order valence-electron chi connectivity index (χ3n) is 9.94. The molecule has 1 aliphatic carbocycles. The molecule has 1 fully saturated rings. The van der Waals surface area contributed by atoms with E-state index >= 15 is 0 Å². The van der Waals surface area contributed by atoms with Gasteiger partial charge in [0.15, 0.2) is 11.5 Å². The van der Waals surface area contributed by atoms with Gasteiger partial charge in [0.1, 0.15) is 12.3 Å². The maximum absolute atomic E-state index is 14.7. The van der Waals surface area contributed by atoms with Gasteiger partial charge in [-0.2, -0.15) is 22.7 Å². The van der Waals surface area contributed by atoms with Gasteiger partial charge in [-0.1, -0.05) is 41.9 Å². The van der Waals surface area contributed by atoms with Crippen molar-refractivity contribution in [2.45, 2.75) is 37.4 Å². The number of piperidine rings is 1. The number of alkyl halides is 3. The van der Waals surface area contributed by atoms with Crippen molar-refractivity contribution < 1.29 is 32.6 Å². The fraction of sp³-hybridized carbons (Fsp3) is 0.278. The van der Waals surface area contributed by atoms with E-state index in [1.54, 1.807) is 9.47 Å². The summed E-state index contributed by atoms with van der Waals surface area (Å²) in [6, 6.07) is 13.1. The van der Waals surface area contributed by atoms with Crippen LogP contribution in [0.1, 0.15) is 52.3 Å². The summed E-state index contributed by atoms with van der Waals surface area (Å²) < 4.78 is 48.1. The minimum absolute atomic E-state index is 0.0178. The van der Waals surface area contributed by atoms with E-state index in [1.165, 1.54) is 22.8 Å². The number of amides is 2. The fourth-order valence-electron chi connectivity index (χ4n) is 7.47. The van der Waals surface area contributed by atoms with E-state index in [1.807, 2.05) is 30.3 Å². The van der Waals surface area contributed by atoms with Crippen molar-refractivity contribution in [2.75, 3.05) is 31.6 Å². The van der Waals surface area contributed by atoms with Gasteiger partial charge in [0, 0.05) is 30.3 Å². The van der Waals surface area contributed by atoms with E-state index in [-0.39, 0.29) is 41.0 Å². The number of anilines is 1. The van der Waals surface area contributed by atoms with Gasteiger partial charge in [-0.3, -0.25) is 19.0 Å². The Morgan fingerprint density at radius 3 is 2.58 bits per heavy atom. The highest BCUT2D eigenvalue weighted by Crippen LogP contribution is 2.53. The average molecular weight is 732 g/mol. The molecule has 0 bridgehead atoms. The molecule has 3 aromatic heterocycles. The molecule has 5 aromatic rings. The molecular formula is C36H29ClF3N7O5. The lowest BCUT2D eigenvalue weighted by Gasteiger charge is -2.40. The van der Waals surface area contributed by atoms with Crippen LogP contribution < -0.4 is 10.9 Å². The van der Waals surface area contributed by atoms with Gasteiger partial charge in [0.25, 0.3) is 11.5 Å². The normalized spacial score (nSPS) is 16.5. The first-order valence-electron chi connectivity index (χ1n) is 16.5. The number of ether oxygens (including phenoxy) is 1. The number of aromatic hydroxyl groups is 1. The van der Waals surface area contributed by atoms with E-state index in [4.69, 9.17) is 21.3 Å². The molecule has 1 saturated heterocycles. The van der Waals surface area contributed by atoms with Gasteiger partial charge < -0.3 is 20.1 Å². The van der Waals surface area contributed by atoms with Gasteiger partial charge in [0.05, 0.1) is 40.7 Å². The lowest BCUT2D eigenvalue weighted by Crippen LogP contribution is -2.47. The number of benzene rings is 2. The minimum atomic E-state index is -4.62. The highest BCUT2D eigenvalue weighted by Gasteiger charge is 2.50. The number of aromatic nitrogens is 5. The Morgan fingerprint density at radius 1 is 1.08 bits per heavy atom. The van der Waals surface area contributed by atoms with Gasteiger partial charge in [-0.25, -0.2) is 4.98 Å². The number of carbonyl (C=O) groups is 2. The van der Waals surface area contributed by atoms with Crippen LogP contribution in [0.15, 0.2) is 71.7 Å². The third-order valence-corrected chi connectivity index (χ3v) is 10.2. The molecule has 8 rings (SSSR count). The van der Waals surface area contributed by atoms with E-state index in [2.05, 4.69) is 15.4 Å². The van der Waals surface area contributed by atoms with Crippen molar-refractivity contribution >= 4 is 40.5 Å². The Balaban J connectivity index is 1.24. The number of nitrogens with zero attached hydrogens (tertiary/aromatic N) is 6. The van der Waals surface area contributed by atoms with Gasteiger partial charge >= 0.3 is 6.18 Å². The molecule has 2 aromatic carbocycles. The molecular weight excluding hydrogens is 703 g/mol. The maximum atomic E-state index is 14.7. The molecule has 0 radical (unpaired) electrons. The predicted molar refractivity (Wildman–Crippen MR) is 183 cm³/mol. The Kier molecular flexibility index (Phi) is 8.14. The molecule has 0 unspecified atom stereocenters. The molecule has 266 valence electrons. The summed E-state index contributed by atoms with van der Waals surface area (Å²) in [5.74, 6) is -0.881. The zero-order valence-corrected chi connectivity index (χ0v) is 28.0. The van der Waals surface area contributed by atoms with Crippen molar-refractivity contribution in [2.24, 2.45) is 0 Å². The molecule has 5 heterocycles. The topological polar surface area (TPSA) is 144 Å². The first kappa shape index (κ1) is 33.6. The SMILES string of the molecule is O=C(Cn1c2c(c(=O)n3nc(C4=CCOCC4)nc13)C1(CCN(C(=O)c3ncccc3O)CC1)c1ccccc1-2)Nc1ccc(C(F)(F)F)cc1Cl. The fourth-order valence-corrected chi connectivity index (χ4v) is 7.70. The summed E-state index contributed by atoms with van der Waals surface area (Å²) >= 11 is 6.18. The molecule has 0 atom stereocenters. The molecule has 2 amide bonds. The van der Waals surface area contributed by atoms with Crippen LogP contribution in [0.3, 0.4) is 0 Å². The molecule has 3 aliphatic rings. The van der Waals surface area contributed by atoms with Crippen LogP contribution in [0.4, 0.5) is 18.9 Å². The second kappa shape index (κ2) is 12.6. The number of pyridine rings is 1. The molecule has 1 spiro atoms. The second-order valence-corrected chi connectivity index (χ2v) is 13.3. The van der Waals surface area contributed by atoms with Crippen molar-refractivity contribution in [3.8, 4) is 17.0 Å². The van der Waals surface area contributed by atoms with Crippen LogP contribution in [-0.2, 0) is 27.7 Å². The molecule has 12 nitrogen and oxygen atoms in total. The van der Waals surface area contributed by atoms with Crippen molar-refractivity contribution in [3.63, 3.8) is 0 Å². The number of hydrogen-bond donors (Lipinski definition) is 2. The van der Waals surface area contributed by atoms with Crippen LogP contribution in [0.25, 0.3) is 22.6 Å². The standard InChI is InChI=1S/C36H29ClF3N7O5/c37-24-18-21(36(38,39)40)7-8-25(24)42-27(49)19-46-30-22-4-1-2-5-23(22)35(11-14-45(15-12-35)33(51)29-26(48)6-3-13-41-29)28(30)32(50)47-34(46)43-31(44-47)20-9-16-52-17-10-20/h1-9,13,18,48H,10-12,14-17,19H2,(H,42,49). The largest absolute Gasteiger partial charge is 0.505 e. The minimum Gasteiger partial charge on any atom is -0.505 e. The van der Waals surface area contributed by atoms with E-state index in [0.29, 0.717) is 55.1 Å². The lowest BCUT2D eigenvalue weighted by atomic mass is 9.71. The Morgan fingerprint density at radius 2 is 1.87 bits per heavy atom. The lowest BCUT2D eigenvalue weighted by molar-refractivity contribution is -0.137. The Labute approximate surface area is 298 Å². The number of fused-ring (bicyclic) bond motifs is 6. The van der Waals surface area contributed by atoms with Crippen molar-refractivity contribution in [3.05, 3.63) is 110 Å². The summed E-state index contributed by atoms with van der Waals surface area (Å²) in [6.07, 6.45) is -0.154. The Bertz CT molecular complexity index is 2380. The Hall–Kier alpha value is -5.54. The van der Waals surface area contributed by atoms with E-state index < -0.39 is 41.1 Å². The smallest absolute Gasteiger partial charge is 0.416 e. The van der Waals surface area contributed by atoms with Crippen LogP contribution in [-0.4, -0.2) is 72.3 Å². The third kappa shape index (κ3) is 5.51. The zero-order chi connectivity index (χ0) is 36.4. The highest BCUT2D eigenvalue weighted by molar-refractivity contribution is 6.33. The van der Waals surface area contributed by atoms with E-state index in [0.717, 1.165) is 29.3 Å². The predicted octanol–water partition coefficient (Wildman–Crippen LogP) is 5.31. The molecule has 16 heteroatoms. The number of likely N-dealkylation sites (tertiary alicyclic amines) is 1. The van der Waals surface area contributed by atoms with Crippen LogP contribution in [0, 0.1) is 0 Å². The number of nitrogens with one attached hydrogen (secondary N) is 1. The molecule has 0 saturated carbocycles. The summed E-state index contributed by atoms with van der Waals surface area (Å²) in [4.78, 5) is 52.3. The molecule has 2 N–H and O–H groups in total. The zero-order valence-electron chi connectivity index (χ0n) is 27.3. The van der Waals surface area contributed by atoms with Crippen molar-refractivity contribution in [1.82, 2.24) is 29.0 Å². The first-order valence-corrected chi connectivity index (χ1v) is 16.8. The van der Waals surface area contributed by atoms with Gasteiger partial charge in [-0.05, 0) is 60.7 Å². The number of halogens is 4. The number of hydrogen-bond acceptors (Lipinski definition) is 8. The van der Waals surface area contributed by atoms with Crippen LogP contribution >= 0.6 is 11.6 Å². The van der Waals surface area contributed by atoms with Gasteiger partial charge in [0.2, 0.25) is 11.7 Å². The number of carbonyl (C=O) groups excluding carboxylic acids is 2. The summed E-state index contributed by atoms with van der Waals surface area (Å²) in [7, 11) is 0. The maximum Gasteiger partial charge on any atom is 0.416 e. The van der Waals surface area contributed by atoms with Crippen molar-refractivity contribution in [1.29, 1.82) is 0 Å². The summed E-state index contributed by atoms with van der Waals surface area (Å²) in [6.45, 7) is 0.882. The number of rotatable bonds is 5. The molecule has 52 heavy (non-hydrogen) atoms. The van der Waals surface area contributed by atoms with Crippen LogP contribution in [0.5, 0.6) is 5.75 Å². The quantitative estimate of drug-likeness (QED) is 0.248. The average Bonchev–Trinajstić information content (AvgIpc) is 3.71. The summed E-state index contributed by atoms with van der Waals surface area (Å²) in [5, 5.41) is 17.3. The first-order chi connectivity index (χ1) is 25.0. The summed E-state index contributed by atoms with van der Waals surface area (Å²) in [5.41, 5.74) is 0.848.